The molecule has 0 fully saturated rings. The molecule has 1 amide bonds. The normalized spacial score (nSPS) is 15.7. The molecule has 3 aromatic carbocycles. The summed E-state index contributed by atoms with van der Waals surface area (Å²) < 4.78 is 37.4. The summed E-state index contributed by atoms with van der Waals surface area (Å²) in [6, 6.07) is 21.5. The molecule has 1 aliphatic rings. The SMILES string of the molecule is CS(=O)(=O)N1CC[C@H](C(=O)Nc2ccc(OCc3ccccc3)cc2)Oc2ccc(Cl)cc21. The fraction of sp³-hybridized carbons (Fsp3) is 0.208. The van der Waals surface area contributed by atoms with Crippen LogP contribution in [0.15, 0.2) is 72.8 Å². The van der Waals surface area contributed by atoms with Crippen molar-refractivity contribution < 1.29 is 22.7 Å². The van der Waals surface area contributed by atoms with Gasteiger partial charge in [-0.2, -0.15) is 0 Å². The Morgan fingerprint density at radius 3 is 2.55 bits per heavy atom. The molecule has 1 heterocycles. The first kappa shape index (κ1) is 22.9. The van der Waals surface area contributed by atoms with Crippen molar-refractivity contribution in [2.45, 2.75) is 19.1 Å². The predicted octanol–water partition coefficient (Wildman–Crippen LogP) is 4.47. The number of fused-ring (bicyclic) bond motifs is 1. The Labute approximate surface area is 197 Å². The standard InChI is InChI=1S/C24H23ClN2O5S/c1-33(29,30)27-14-13-23(32-22-12-7-18(25)15-21(22)27)24(28)26-19-8-10-20(11-9-19)31-16-17-5-3-2-4-6-17/h2-12,15,23H,13-14,16H2,1H3,(H,26,28)/t23-/m1/s1. The van der Waals surface area contributed by atoms with E-state index in [2.05, 4.69) is 5.32 Å². The first-order valence-corrected chi connectivity index (χ1v) is 12.5. The van der Waals surface area contributed by atoms with Crippen LogP contribution in [0.1, 0.15) is 12.0 Å². The number of nitrogens with one attached hydrogen (secondary N) is 1. The van der Waals surface area contributed by atoms with E-state index in [9.17, 15) is 13.2 Å². The summed E-state index contributed by atoms with van der Waals surface area (Å²) in [6.07, 6.45) is 0.425. The summed E-state index contributed by atoms with van der Waals surface area (Å²) in [5.74, 6) is 0.591. The molecule has 3 aromatic rings. The zero-order chi connectivity index (χ0) is 23.4. The molecular formula is C24H23ClN2O5S. The van der Waals surface area contributed by atoms with Crippen molar-refractivity contribution in [3.8, 4) is 11.5 Å². The predicted molar refractivity (Wildman–Crippen MR) is 129 cm³/mol. The van der Waals surface area contributed by atoms with Gasteiger partial charge >= 0.3 is 0 Å². The van der Waals surface area contributed by atoms with Gasteiger partial charge in [-0.15, -0.1) is 0 Å². The average Bonchev–Trinajstić information content (AvgIpc) is 2.99. The number of nitrogens with zero attached hydrogens (tertiary/aromatic N) is 1. The minimum atomic E-state index is -3.57. The molecule has 0 saturated heterocycles. The lowest BCUT2D eigenvalue weighted by molar-refractivity contribution is -0.122. The largest absolute Gasteiger partial charge is 0.489 e. The highest BCUT2D eigenvalue weighted by Gasteiger charge is 2.31. The minimum absolute atomic E-state index is 0.0938. The van der Waals surface area contributed by atoms with Gasteiger partial charge in [0.15, 0.2) is 6.10 Å². The Morgan fingerprint density at radius 1 is 1.12 bits per heavy atom. The molecule has 0 aromatic heterocycles. The van der Waals surface area contributed by atoms with Crippen molar-refractivity contribution in [1.82, 2.24) is 0 Å². The Morgan fingerprint density at radius 2 is 1.85 bits per heavy atom. The third-order valence-electron chi connectivity index (χ3n) is 5.12. The molecule has 172 valence electrons. The lowest BCUT2D eigenvalue weighted by Gasteiger charge is -2.21. The second-order valence-electron chi connectivity index (χ2n) is 7.63. The fourth-order valence-electron chi connectivity index (χ4n) is 3.48. The number of amides is 1. The highest BCUT2D eigenvalue weighted by atomic mass is 35.5. The number of ether oxygens (including phenoxy) is 2. The summed E-state index contributed by atoms with van der Waals surface area (Å²) in [6.45, 7) is 0.541. The van der Waals surface area contributed by atoms with E-state index in [1.54, 1.807) is 36.4 Å². The van der Waals surface area contributed by atoms with Gasteiger partial charge in [-0.25, -0.2) is 8.42 Å². The molecule has 0 radical (unpaired) electrons. The smallest absolute Gasteiger partial charge is 0.265 e. The monoisotopic (exact) mass is 486 g/mol. The minimum Gasteiger partial charge on any atom is -0.489 e. The van der Waals surface area contributed by atoms with Gasteiger partial charge in [0.1, 0.15) is 18.1 Å². The average molecular weight is 487 g/mol. The Hall–Kier alpha value is -3.23. The van der Waals surface area contributed by atoms with E-state index >= 15 is 0 Å². The van der Waals surface area contributed by atoms with Gasteiger partial charge < -0.3 is 14.8 Å². The zero-order valence-corrected chi connectivity index (χ0v) is 19.5. The Balaban J connectivity index is 1.42. The lowest BCUT2D eigenvalue weighted by Crippen LogP contribution is -2.35. The van der Waals surface area contributed by atoms with Crippen LogP contribution in [0.25, 0.3) is 0 Å². The van der Waals surface area contributed by atoms with Crippen LogP contribution in [-0.4, -0.2) is 33.2 Å². The molecule has 1 N–H and O–H groups in total. The van der Waals surface area contributed by atoms with Crippen LogP contribution >= 0.6 is 11.6 Å². The summed E-state index contributed by atoms with van der Waals surface area (Å²) in [4.78, 5) is 12.9. The zero-order valence-electron chi connectivity index (χ0n) is 17.9. The van der Waals surface area contributed by atoms with Gasteiger partial charge in [0.25, 0.3) is 5.91 Å². The molecule has 7 nitrogen and oxygen atoms in total. The number of benzene rings is 3. The number of sulfonamides is 1. The van der Waals surface area contributed by atoms with Crippen LogP contribution in [0.5, 0.6) is 11.5 Å². The topological polar surface area (TPSA) is 84.9 Å². The van der Waals surface area contributed by atoms with Gasteiger partial charge in [0, 0.05) is 23.7 Å². The van der Waals surface area contributed by atoms with E-state index in [1.165, 1.54) is 10.4 Å². The second kappa shape index (κ2) is 9.72. The molecule has 1 atom stereocenters. The molecule has 0 bridgehead atoms. The van der Waals surface area contributed by atoms with Crippen molar-refractivity contribution in [2.75, 3.05) is 22.4 Å². The van der Waals surface area contributed by atoms with Gasteiger partial charge in [0.2, 0.25) is 10.0 Å². The lowest BCUT2D eigenvalue weighted by atomic mass is 10.2. The summed E-state index contributed by atoms with van der Waals surface area (Å²) in [5, 5.41) is 3.20. The maximum Gasteiger partial charge on any atom is 0.265 e. The maximum absolute atomic E-state index is 12.9. The van der Waals surface area contributed by atoms with Crippen molar-refractivity contribution in [2.24, 2.45) is 0 Å². The van der Waals surface area contributed by atoms with E-state index in [0.717, 1.165) is 11.8 Å². The summed E-state index contributed by atoms with van der Waals surface area (Å²) in [7, 11) is -3.57. The number of carbonyl (C=O) groups is 1. The highest BCUT2D eigenvalue weighted by Crippen LogP contribution is 2.36. The number of halogens is 1. The van der Waals surface area contributed by atoms with Crippen molar-refractivity contribution in [1.29, 1.82) is 0 Å². The summed E-state index contributed by atoms with van der Waals surface area (Å²) in [5.41, 5.74) is 1.96. The van der Waals surface area contributed by atoms with Crippen LogP contribution < -0.4 is 19.1 Å². The van der Waals surface area contributed by atoms with Gasteiger partial charge in [-0.05, 0) is 48.0 Å². The third kappa shape index (κ3) is 5.77. The molecule has 4 rings (SSSR count). The van der Waals surface area contributed by atoms with Crippen LogP contribution in [0, 0.1) is 0 Å². The Kier molecular flexibility index (Phi) is 6.76. The first-order valence-electron chi connectivity index (χ1n) is 10.3. The second-order valence-corrected chi connectivity index (χ2v) is 9.97. The molecule has 1 aliphatic heterocycles. The quantitative estimate of drug-likeness (QED) is 0.555. The van der Waals surface area contributed by atoms with Crippen LogP contribution in [-0.2, 0) is 21.4 Å². The molecule has 9 heteroatoms. The molecule has 0 spiro atoms. The van der Waals surface area contributed by atoms with Crippen molar-refractivity contribution >= 4 is 38.9 Å². The highest BCUT2D eigenvalue weighted by molar-refractivity contribution is 7.92. The molecule has 0 saturated carbocycles. The molecule has 33 heavy (non-hydrogen) atoms. The number of hydrogen-bond acceptors (Lipinski definition) is 5. The molecule has 0 unspecified atom stereocenters. The maximum atomic E-state index is 12.9. The van der Waals surface area contributed by atoms with E-state index < -0.39 is 16.1 Å². The number of hydrogen-bond donors (Lipinski definition) is 1. The molecular weight excluding hydrogens is 464 g/mol. The van der Waals surface area contributed by atoms with Crippen molar-refractivity contribution in [3.05, 3.63) is 83.4 Å². The Bertz CT molecular complexity index is 1230. The number of carbonyl (C=O) groups excluding carboxylic acids is 1. The van der Waals surface area contributed by atoms with E-state index in [-0.39, 0.29) is 24.6 Å². The number of anilines is 2. The first-order chi connectivity index (χ1) is 15.8. The van der Waals surface area contributed by atoms with Gasteiger partial charge in [-0.1, -0.05) is 41.9 Å². The third-order valence-corrected chi connectivity index (χ3v) is 6.53. The van der Waals surface area contributed by atoms with Crippen molar-refractivity contribution in [3.63, 3.8) is 0 Å². The van der Waals surface area contributed by atoms with Gasteiger partial charge in [-0.3, -0.25) is 9.10 Å². The summed E-state index contributed by atoms with van der Waals surface area (Å²) >= 11 is 6.05. The number of rotatable bonds is 6. The van der Waals surface area contributed by atoms with Crippen LogP contribution in [0.2, 0.25) is 5.02 Å². The van der Waals surface area contributed by atoms with E-state index in [0.29, 0.717) is 28.8 Å². The van der Waals surface area contributed by atoms with Crippen LogP contribution in [0.3, 0.4) is 0 Å². The van der Waals surface area contributed by atoms with Crippen LogP contribution in [0.4, 0.5) is 11.4 Å². The van der Waals surface area contributed by atoms with Gasteiger partial charge in [0.05, 0.1) is 11.9 Å². The molecule has 0 aliphatic carbocycles. The van der Waals surface area contributed by atoms with E-state index in [4.69, 9.17) is 21.1 Å². The fourth-order valence-corrected chi connectivity index (χ4v) is 4.58. The van der Waals surface area contributed by atoms with E-state index in [1.807, 2.05) is 30.3 Å².